The third-order valence-corrected chi connectivity index (χ3v) is 3.97. The number of carbonyl (C=O) groups is 1. The van der Waals surface area contributed by atoms with E-state index in [2.05, 4.69) is 15.5 Å². The zero-order valence-corrected chi connectivity index (χ0v) is 12.6. The predicted molar refractivity (Wildman–Crippen MR) is 81.6 cm³/mol. The number of piperidine rings is 1. The second kappa shape index (κ2) is 8.10. The van der Waals surface area contributed by atoms with Gasteiger partial charge < -0.3 is 10.6 Å². The van der Waals surface area contributed by atoms with Gasteiger partial charge >= 0.3 is 0 Å². The summed E-state index contributed by atoms with van der Waals surface area (Å²) in [5.41, 5.74) is 1.03. The Labute approximate surface area is 125 Å². The lowest BCUT2D eigenvalue weighted by molar-refractivity contribution is -0.122. The normalized spacial score (nSPS) is 16.1. The molecule has 0 bridgehead atoms. The number of nitrogens with zero attached hydrogens (tertiary/aromatic N) is 1. The van der Waals surface area contributed by atoms with Crippen LogP contribution >= 0.6 is 0 Å². The van der Waals surface area contributed by atoms with Crippen molar-refractivity contribution in [2.45, 2.75) is 25.3 Å². The number of rotatable bonds is 6. The average molecular weight is 293 g/mol. The highest BCUT2D eigenvalue weighted by atomic mass is 19.1. The maximum Gasteiger partial charge on any atom is 0.234 e. The largest absolute Gasteiger partial charge is 0.355 e. The average Bonchev–Trinajstić information content (AvgIpc) is 2.50. The lowest BCUT2D eigenvalue weighted by Crippen LogP contribution is -2.45. The van der Waals surface area contributed by atoms with Crippen LogP contribution in [0.15, 0.2) is 24.3 Å². The summed E-state index contributed by atoms with van der Waals surface area (Å²) in [6.45, 7) is 3.08. The van der Waals surface area contributed by atoms with Crippen molar-refractivity contribution in [1.82, 2.24) is 15.5 Å². The Morgan fingerprint density at radius 1 is 1.33 bits per heavy atom. The minimum Gasteiger partial charge on any atom is -0.355 e. The minimum atomic E-state index is -0.230. The third kappa shape index (κ3) is 5.44. The molecule has 2 N–H and O–H groups in total. The maximum atomic E-state index is 12.8. The molecule has 1 amide bonds. The molecule has 1 aromatic carbocycles. The number of hydrogen-bond acceptors (Lipinski definition) is 3. The first-order chi connectivity index (χ1) is 10.1. The number of hydrogen-bond donors (Lipinski definition) is 2. The van der Waals surface area contributed by atoms with Crippen molar-refractivity contribution in [1.29, 1.82) is 0 Å². The molecule has 4 nitrogen and oxygen atoms in total. The van der Waals surface area contributed by atoms with Gasteiger partial charge in [0.25, 0.3) is 0 Å². The molecule has 116 valence electrons. The summed E-state index contributed by atoms with van der Waals surface area (Å²) in [6, 6.07) is 6.89. The quantitative estimate of drug-likeness (QED) is 0.827. The summed E-state index contributed by atoms with van der Waals surface area (Å²) in [5, 5.41) is 6.25. The maximum absolute atomic E-state index is 12.8. The molecule has 0 unspecified atom stereocenters. The lowest BCUT2D eigenvalue weighted by atomic mass is 10.1. The first-order valence-corrected chi connectivity index (χ1v) is 7.57. The van der Waals surface area contributed by atoms with Crippen molar-refractivity contribution in [2.24, 2.45) is 0 Å². The summed E-state index contributed by atoms with van der Waals surface area (Å²) in [4.78, 5) is 14.0. The monoisotopic (exact) mass is 293 g/mol. The van der Waals surface area contributed by atoms with E-state index in [-0.39, 0.29) is 11.7 Å². The number of halogens is 1. The molecule has 1 saturated heterocycles. The Morgan fingerprint density at radius 3 is 2.67 bits per heavy atom. The van der Waals surface area contributed by atoms with Crippen LogP contribution in [-0.4, -0.2) is 50.1 Å². The standard InChI is InChI=1S/C16H24FN3O/c1-20(15-7-9-18-10-8-15)12-16(21)19-11-6-13-2-4-14(17)5-3-13/h2-5,15,18H,6-12H2,1H3,(H,19,21). The Hall–Kier alpha value is -1.46. The van der Waals surface area contributed by atoms with Gasteiger partial charge in [-0.2, -0.15) is 0 Å². The number of carbonyl (C=O) groups excluding carboxylic acids is 1. The molecule has 21 heavy (non-hydrogen) atoms. The third-order valence-electron chi connectivity index (χ3n) is 3.97. The van der Waals surface area contributed by atoms with Crippen molar-refractivity contribution in [3.63, 3.8) is 0 Å². The minimum absolute atomic E-state index is 0.0538. The van der Waals surface area contributed by atoms with E-state index in [1.165, 1.54) is 12.1 Å². The molecule has 0 aliphatic carbocycles. The second-order valence-corrected chi connectivity index (χ2v) is 5.62. The first-order valence-electron chi connectivity index (χ1n) is 7.57. The Morgan fingerprint density at radius 2 is 2.00 bits per heavy atom. The van der Waals surface area contributed by atoms with Crippen LogP contribution in [0.3, 0.4) is 0 Å². The number of benzene rings is 1. The number of nitrogens with one attached hydrogen (secondary N) is 2. The van der Waals surface area contributed by atoms with Gasteiger partial charge in [0, 0.05) is 12.6 Å². The molecule has 0 atom stereocenters. The van der Waals surface area contributed by atoms with Gasteiger partial charge in [-0.3, -0.25) is 9.69 Å². The van der Waals surface area contributed by atoms with Crippen molar-refractivity contribution in [3.05, 3.63) is 35.6 Å². The van der Waals surface area contributed by atoms with Gasteiger partial charge in [0.15, 0.2) is 0 Å². The topological polar surface area (TPSA) is 44.4 Å². The Balaban J connectivity index is 1.65. The van der Waals surface area contributed by atoms with E-state index in [4.69, 9.17) is 0 Å². The molecule has 1 heterocycles. The molecule has 1 aliphatic heterocycles. The summed E-state index contributed by atoms with van der Waals surface area (Å²) in [7, 11) is 2.01. The molecular weight excluding hydrogens is 269 g/mol. The van der Waals surface area contributed by atoms with Crippen LogP contribution in [0.25, 0.3) is 0 Å². The zero-order valence-electron chi connectivity index (χ0n) is 12.6. The van der Waals surface area contributed by atoms with Gasteiger partial charge in [-0.1, -0.05) is 12.1 Å². The SMILES string of the molecule is CN(CC(=O)NCCc1ccc(F)cc1)C1CCNCC1. The smallest absolute Gasteiger partial charge is 0.234 e. The van der Waals surface area contributed by atoms with Crippen molar-refractivity contribution >= 4 is 5.91 Å². The van der Waals surface area contributed by atoms with Gasteiger partial charge in [-0.25, -0.2) is 4.39 Å². The fourth-order valence-electron chi connectivity index (χ4n) is 2.66. The van der Waals surface area contributed by atoms with E-state index in [1.54, 1.807) is 12.1 Å². The van der Waals surface area contributed by atoms with Gasteiger partial charge in [0.1, 0.15) is 5.82 Å². The lowest BCUT2D eigenvalue weighted by Gasteiger charge is -2.31. The van der Waals surface area contributed by atoms with Crippen molar-refractivity contribution < 1.29 is 9.18 Å². The van der Waals surface area contributed by atoms with E-state index in [1.807, 2.05) is 7.05 Å². The molecule has 5 heteroatoms. The van der Waals surface area contributed by atoms with Gasteiger partial charge in [-0.05, 0) is 57.1 Å². The highest BCUT2D eigenvalue weighted by Gasteiger charge is 2.19. The number of amides is 1. The van der Waals surface area contributed by atoms with E-state index < -0.39 is 0 Å². The molecule has 1 aliphatic rings. The number of likely N-dealkylation sites (N-methyl/N-ethyl adjacent to an activating group) is 1. The van der Waals surface area contributed by atoms with Crippen LogP contribution in [0.4, 0.5) is 4.39 Å². The van der Waals surface area contributed by atoms with Crippen LogP contribution in [0.2, 0.25) is 0 Å². The van der Waals surface area contributed by atoms with Crippen molar-refractivity contribution in [2.75, 3.05) is 33.2 Å². The fraction of sp³-hybridized carbons (Fsp3) is 0.562. The molecule has 0 spiro atoms. The van der Waals surface area contributed by atoms with Crippen LogP contribution < -0.4 is 10.6 Å². The summed E-state index contributed by atoms with van der Waals surface area (Å²) >= 11 is 0. The molecule has 1 fully saturated rings. The Bertz CT molecular complexity index is 443. The molecule has 0 radical (unpaired) electrons. The summed E-state index contributed by atoms with van der Waals surface area (Å²) in [6.07, 6.45) is 2.92. The van der Waals surface area contributed by atoms with E-state index in [9.17, 15) is 9.18 Å². The fourth-order valence-corrected chi connectivity index (χ4v) is 2.66. The van der Waals surface area contributed by atoms with Crippen LogP contribution in [0, 0.1) is 5.82 Å². The van der Waals surface area contributed by atoms with Gasteiger partial charge in [-0.15, -0.1) is 0 Å². The molecule has 1 aromatic rings. The zero-order chi connectivity index (χ0) is 15.1. The highest BCUT2D eigenvalue weighted by molar-refractivity contribution is 5.78. The Kier molecular flexibility index (Phi) is 6.14. The second-order valence-electron chi connectivity index (χ2n) is 5.62. The molecular formula is C16H24FN3O. The van der Waals surface area contributed by atoms with Gasteiger partial charge in [0.05, 0.1) is 6.54 Å². The molecule has 0 saturated carbocycles. The summed E-state index contributed by atoms with van der Waals surface area (Å²) in [5.74, 6) is -0.176. The predicted octanol–water partition coefficient (Wildman–Crippen LogP) is 1.17. The van der Waals surface area contributed by atoms with Crippen LogP contribution in [-0.2, 0) is 11.2 Å². The van der Waals surface area contributed by atoms with Crippen LogP contribution in [0.1, 0.15) is 18.4 Å². The first kappa shape index (κ1) is 15.9. The van der Waals surface area contributed by atoms with E-state index >= 15 is 0 Å². The van der Waals surface area contributed by atoms with E-state index in [0.29, 0.717) is 19.1 Å². The molecule has 0 aromatic heterocycles. The summed E-state index contributed by atoms with van der Waals surface area (Å²) < 4.78 is 12.8. The van der Waals surface area contributed by atoms with Crippen LogP contribution in [0.5, 0.6) is 0 Å². The van der Waals surface area contributed by atoms with Crippen molar-refractivity contribution in [3.8, 4) is 0 Å². The molecule has 2 rings (SSSR count). The van der Waals surface area contributed by atoms with Gasteiger partial charge in [0.2, 0.25) is 5.91 Å². The van der Waals surface area contributed by atoms with E-state index in [0.717, 1.165) is 37.9 Å². The highest BCUT2D eigenvalue weighted by Crippen LogP contribution is 2.09.